The normalized spacial score (nSPS) is 16.0. The van der Waals surface area contributed by atoms with Gasteiger partial charge in [-0.25, -0.2) is 0 Å². The highest BCUT2D eigenvalue weighted by Crippen LogP contribution is 2.22. The van der Waals surface area contributed by atoms with E-state index in [1.807, 2.05) is 25.6 Å². The zero-order chi connectivity index (χ0) is 12.3. The molecule has 0 saturated carbocycles. The molecule has 1 aromatic rings. The van der Waals surface area contributed by atoms with Crippen molar-refractivity contribution in [2.24, 2.45) is 0 Å². The molecule has 17 heavy (non-hydrogen) atoms. The number of carbonyl (C=O) groups excluding carboxylic acids is 1. The number of hydrogen-bond donors (Lipinski definition) is 1. The molecule has 1 radical (unpaired) electrons. The lowest BCUT2D eigenvalue weighted by Gasteiger charge is -2.17. The van der Waals surface area contributed by atoms with Gasteiger partial charge in [-0.15, -0.1) is 0 Å². The van der Waals surface area contributed by atoms with Crippen LogP contribution in [0.1, 0.15) is 37.0 Å². The van der Waals surface area contributed by atoms with E-state index in [2.05, 4.69) is 19.1 Å². The molecule has 0 amide bonds. The molecule has 0 aromatic heterocycles. The van der Waals surface area contributed by atoms with Gasteiger partial charge in [0.1, 0.15) is 5.75 Å². The second-order valence-electron chi connectivity index (χ2n) is 4.40. The molecule has 0 spiro atoms. The van der Waals surface area contributed by atoms with Crippen LogP contribution in [0.2, 0.25) is 0 Å². The minimum Gasteiger partial charge on any atom is -0.492 e. The van der Waals surface area contributed by atoms with E-state index in [-0.39, 0.29) is 5.78 Å². The van der Waals surface area contributed by atoms with E-state index < -0.39 is 0 Å². The van der Waals surface area contributed by atoms with E-state index >= 15 is 0 Å². The van der Waals surface area contributed by atoms with Crippen LogP contribution in [0.15, 0.2) is 18.2 Å². The van der Waals surface area contributed by atoms with E-state index in [0.29, 0.717) is 30.4 Å². The number of Topliss-reactive ketones (excluding diaryl/α,β-unsaturated/α-hetero) is 1. The monoisotopic (exact) mass is 230 g/mol. The average Bonchev–Trinajstić information content (AvgIpc) is 2.36. The fourth-order valence-corrected chi connectivity index (χ4v) is 1.73. The highest BCUT2D eigenvalue weighted by atomic mass is 16.5. The summed E-state index contributed by atoms with van der Waals surface area (Å²) in [6, 6.07) is 6.17. The Labute approximate surface area is 103 Å². The van der Waals surface area contributed by atoms with Gasteiger partial charge in [0, 0.05) is 6.42 Å². The van der Waals surface area contributed by atoms with Gasteiger partial charge in [-0.3, -0.25) is 4.79 Å². The molecule has 0 aliphatic carbocycles. The summed E-state index contributed by atoms with van der Waals surface area (Å²) in [6.07, 6.45) is 1.55. The predicted molar refractivity (Wildman–Crippen MR) is 69.2 cm³/mol. The first-order valence-electron chi connectivity index (χ1n) is 6.10. The van der Waals surface area contributed by atoms with Crippen molar-refractivity contribution in [1.29, 1.82) is 0 Å². The van der Waals surface area contributed by atoms with E-state index in [1.54, 1.807) is 0 Å². The molecule has 1 unspecified atom stereocenters. The first-order valence-corrected chi connectivity index (χ1v) is 6.10. The lowest BCUT2D eigenvalue weighted by Crippen LogP contribution is -2.37. The topological polar surface area (TPSA) is 38.3 Å². The number of ketones is 1. The largest absolute Gasteiger partial charge is 0.492 e. The first-order chi connectivity index (χ1) is 8.20. The van der Waals surface area contributed by atoms with Gasteiger partial charge in [-0.05, 0) is 18.5 Å². The molecule has 0 fully saturated rings. The predicted octanol–water partition coefficient (Wildman–Crippen LogP) is 1.28. The molecule has 3 nitrogen and oxygen atoms in total. The molecular weight excluding hydrogens is 213 g/mol. The first kappa shape index (κ1) is 12.2. The Morgan fingerprint density at radius 2 is 2.35 bits per heavy atom. The second kappa shape index (κ2) is 5.36. The minimum absolute atomic E-state index is 0.171. The van der Waals surface area contributed by atoms with Crippen LogP contribution in [0, 0.1) is 0 Å². The van der Waals surface area contributed by atoms with Crippen LogP contribution in [-0.4, -0.2) is 25.8 Å². The molecule has 0 bridgehead atoms. The number of hydrogen-bond acceptors (Lipinski definition) is 3. The van der Waals surface area contributed by atoms with Gasteiger partial charge in [0.15, 0.2) is 5.78 Å². The number of nitrogens with one attached hydrogen (secondary N) is 1. The summed E-state index contributed by atoms with van der Waals surface area (Å²) in [6.45, 7) is 4.76. The summed E-state index contributed by atoms with van der Waals surface area (Å²) in [5.74, 6) is 0.881. The van der Waals surface area contributed by atoms with Crippen molar-refractivity contribution in [3.8, 4) is 5.75 Å². The van der Waals surface area contributed by atoms with Crippen LogP contribution >= 0.6 is 0 Å². The number of benzene rings is 1. The minimum atomic E-state index is 0.171. The van der Waals surface area contributed by atoms with Crippen molar-refractivity contribution in [3.05, 3.63) is 23.8 Å². The van der Waals surface area contributed by atoms with Gasteiger partial charge >= 0.3 is 0 Å². The number of fused-ring (bicyclic) bond motifs is 1. The van der Waals surface area contributed by atoms with E-state index in [4.69, 9.17) is 4.74 Å². The maximum absolute atomic E-state index is 11.7. The smallest absolute Gasteiger partial charge is 0.244 e. The van der Waals surface area contributed by atoms with Crippen LogP contribution in [0.3, 0.4) is 0 Å². The van der Waals surface area contributed by atoms with Crippen LogP contribution in [0.5, 0.6) is 5.75 Å². The zero-order valence-corrected chi connectivity index (χ0v) is 10.3. The fourth-order valence-electron chi connectivity index (χ4n) is 1.73. The molecule has 1 N–H and O–H groups in total. The highest BCUT2D eigenvalue weighted by Gasteiger charge is 2.18. The van der Waals surface area contributed by atoms with Crippen LogP contribution < -0.4 is 15.4 Å². The van der Waals surface area contributed by atoms with Gasteiger partial charge in [0.25, 0.3) is 0 Å². The third-order valence-electron chi connectivity index (χ3n) is 3.04. The van der Waals surface area contributed by atoms with Crippen molar-refractivity contribution in [3.63, 3.8) is 0 Å². The Morgan fingerprint density at radius 3 is 3.12 bits per heavy atom. The fraction of sp³-hybridized carbons (Fsp3) is 0.462. The van der Waals surface area contributed by atoms with Crippen molar-refractivity contribution in [2.75, 3.05) is 6.61 Å². The molecule has 4 heteroatoms. The standard InChI is InChI=1S/C13H17BNO2/c1-3-9(2)15-14-10-4-5-13-11(8-10)12(16)6-7-17-13/h4-5,8-9,15H,3,6-7H2,1-2H3. The number of rotatable bonds is 4. The Bertz CT molecular complexity index is 420. The summed E-state index contributed by atoms with van der Waals surface area (Å²) in [4.78, 5) is 11.7. The van der Waals surface area contributed by atoms with E-state index in [9.17, 15) is 4.79 Å². The molecule has 1 aromatic carbocycles. The highest BCUT2D eigenvalue weighted by molar-refractivity contribution is 6.51. The van der Waals surface area contributed by atoms with E-state index in [0.717, 1.165) is 11.9 Å². The van der Waals surface area contributed by atoms with Crippen molar-refractivity contribution < 1.29 is 9.53 Å². The second-order valence-corrected chi connectivity index (χ2v) is 4.40. The molecule has 2 rings (SSSR count). The Kier molecular flexibility index (Phi) is 3.84. The number of carbonyl (C=O) groups is 1. The summed E-state index contributed by atoms with van der Waals surface area (Å²) >= 11 is 0. The van der Waals surface area contributed by atoms with Gasteiger partial charge in [-0.1, -0.05) is 31.4 Å². The van der Waals surface area contributed by atoms with Crippen molar-refractivity contribution in [2.45, 2.75) is 32.7 Å². The molecule has 1 aliphatic heterocycles. The van der Waals surface area contributed by atoms with Crippen LogP contribution in [-0.2, 0) is 0 Å². The summed E-state index contributed by atoms with van der Waals surface area (Å²) in [7, 11) is 1.95. The van der Waals surface area contributed by atoms with Gasteiger partial charge in [-0.2, -0.15) is 0 Å². The molecule has 1 aliphatic rings. The van der Waals surface area contributed by atoms with Gasteiger partial charge in [0.05, 0.1) is 12.2 Å². The number of ether oxygens (including phenoxy) is 1. The Morgan fingerprint density at radius 1 is 1.53 bits per heavy atom. The molecule has 89 valence electrons. The zero-order valence-electron chi connectivity index (χ0n) is 10.3. The molecule has 1 atom stereocenters. The SMILES string of the molecule is CCC(C)N[B]c1ccc2c(c1)C(=O)CCO2. The van der Waals surface area contributed by atoms with E-state index in [1.165, 1.54) is 0 Å². The van der Waals surface area contributed by atoms with Crippen molar-refractivity contribution >= 4 is 18.7 Å². The summed E-state index contributed by atoms with van der Waals surface area (Å²) < 4.78 is 5.44. The lowest BCUT2D eigenvalue weighted by atomic mass is 9.80. The average molecular weight is 230 g/mol. The Hall–Kier alpha value is -1.29. The maximum atomic E-state index is 11.7. The summed E-state index contributed by atoms with van der Waals surface area (Å²) in [5, 5.41) is 3.29. The van der Waals surface area contributed by atoms with Crippen LogP contribution in [0.4, 0.5) is 0 Å². The third-order valence-corrected chi connectivity index (χ3v) is 3.04. The van der Waals surface area contributed by atoms with Crippen LogP contribution in [0.25, 0.3) is 0 Å². The maximum Gasteiger partial charge on any atom is 0.244 e. The van der Waals surface area contributed by atoms with Gasteiger partial charge in [0.2, 0.25) is 7.41 Å². The quantitative estimate of drug-likeness (QED) is 0.792. The third kappa shape index (κ3) is 2.89. The van der Waals surface area contributed by atoms with Crippen molar-refractivity contribution in [1.82, 2.24) is 5.23 Å². The molecule has 1 heterocycles. The molecular formula is C13H17BNO2. The Balaban J connectivity index is 2.10. The summed E-state index contributed by atoms with van der Waals surface area (Å²) in [5.41, 5.74) is 1.72. The lowest BCUT2D eigenvalue weighted by molar-refractivity contribution is 0.0933. The van der Waals surface area contributed by atoms with Gasteiger partial charge < -0.3 is 9.96 Å². The molecule has 0 saturated heterocycles.